The summed E-state index contributed by atoms with van der Waals surface area (Å²) in [5.74, 6) is 1.67. The molecular weight excluding hydrogens is 342 g/mol. The minimum Gasteiger partial charge on any atom is -0.474 e. The van der Waals surface area contributed by atoms with Gasteiger partial charge < -0.3 is 20.3 Å². The fourth-order valence-electron chi connectivity index (χ4n) is 3.72. The van der Waals surface area contributed by atoms with Gasteiger partial charge in [0.15, 0.2) is 5.96 Å². The Morgan fingerprint density at radius 3 is 2.93 bits per heavy atom. The first-order valence-electron chi connectivity index (χ1n) is 10.0. The van der Waals surface area contributed by atoms with Crippen molar-refractivity contribution >= 4 is 11.9 Å². The number of nitrogens with one attached hydrogen (secondary N) is 2. The van der Waals surface area contributed by atoms with Crippen molar-refractivity contribution in [2.45, 2.75) is 64.1 Å². The summed E-state index contributed by atoms with van der Waals surface area (Å²) in [7, 11) is 1.76. The number of pyridine rings is 1. The number of ether oxygens (including phenoxy) is 1. The second kappa shape index (κ2) is 9.58. The molecule has 3 rings (SSSR count). The van der Waals surface area contributed by atoms with Crippen LogP contribution in [0.15, 0.2) is 23.3 Å². The monoisotopic (exact) mass is 373 g/mol. The van der Waals surface area contributed by atoms with E-state index in [2.05, 4.69) is 20.6 Å². The fourth-order valence-corrected chi connectivity index (χ4v) is 3.72. The van der Waals surface area contributed by atoms with Crippen LogP contribution in [0.2, 0.25) is 0 Å². The maximum Gasteiger partial charge on any atom is 0.222 e. The number of guanidine groups is 1. The highest BCUT2D eigenvalue weighted by Gasteiger charge is 2.26. The third-order valence-electron chi connectivity index (χ3n) is 5.28. The van der Waals surface area contributed by atoms with Gasteiger partial charge in [-0.1, -0.05) is 13.0 Å². The summed E-state index contributed by atoms with van der Waals surface area (Å²) >= 11 is 0. The molecule has 1 unspecified atom stereocenters. The van der Waals surface area contributed by atoms with Crippen molar-refractivity contribution in [1.29, 1.82) is 0 Å². The fraction of sp³-hybridized carbons (Fsp3) is 0.650. The topological polar surface area (TPSA) is 78.9 Å². The number of hydrogen-bond acceptors (Lipinski definition) is 4. The van der Waals surface area contributed by atoms with Gasteiger partial charge in [0, 0.05) is 50.9 Å². The molecule has 7 nitrogen and oxygen atoms in total. The molecule has 1 atom stereocenters. The molecule has 1 aliphatic heterocycles. The highest BCUT2D eigenvalue weighted by Crippen LogP contribution is 2.24. The van der Waals surface area contributed by atoms with Gasteiger partial charge in [-0.25, -0.2) is 4.98 Å². The van der Waals surface area contributed by atoms with E-state index in [4.69, 9.17) is 4.74 Å². The zero-order valence-electron chi connectivity index (χ0n) is 16.4. The Labute approximate surface area is 161 Å². The first-order chi connectivity index (χ1) is 13.2. The van der Waals surface area contributed by atoms with Crippen LogP contribution in [0.3, 0.4) is 0 Å². The molecule has 1 aliphatic carbocycles. The predicted molar refractivity (Wildman–Crippen MR) is 106 cm³/mol. The van der Waals surface area contributed by atoms with Gasteiger partial charge in [-0.05, 0) is 38.2 Å². The van der Waals surface area contributed by atoms with Crippen LogP contribution in [0.4, 0.5) is 0 Å². The molecule has 7 heteroatoms. The molecule has 0 aromatic carbocycles. The van der Waals surface area contributed by atoms with Crippen molar-refractivity contribution in [2.24, 2.45) is 4.99 Å². The Morgan fingerprint density at radius 1 is 1.37 bits per heavy atom. The molecule has 1 saturated carbocycles. The lowest BCUT2D eigenvalue weighted by molar-refractivity contribution is -0.129. The number of hydrogen-bond donors (Lipinski definition) is 2. The molecule has 1 amide bonds. The summed E-state index contributed by atoms with van der Waals surface area (Å²) in [4.78, 5) is 22.5. The number of likely N-dealkylation sites (tertiary alicyclic amines) is 1. The molecule has 1 aromatic rings. The maximum atomic E-state index is 11.8. The van der Waals surface area contributed by atoms with Crippen molar-refractivity contribution in [3.05, 3.63) is 23.9 Å². The van der Waals surface area contributed by atoms with Crippen LogP contribution in [-0.4, -0.2) is 54.0 Å². The van der Waals surface area contributed by atoms with Crippen LogP contribution in [0, 0.1) is 0 Å². The van der Waals surface area contributed by atoms with Gasteiger partial charge in [0.1, 0.15) is 6.10 Å². The van der Waals surface area contributed by atoms with E-state index in [0.29, 0.717) is 18.8 Å². The molecule has 0 bridgehead atoms. The van der Waals surface area contributed by atoms with E-state index >= 15 is 0 Å². The smallest absolute Gasteiger partial charge is 0.222 e. The predicted octanol–water partition coefficient (Wildman–Crippen LogP) is 2.08. The van der Waals surface area contributed by atoms with Crippen molar-refractivity contribution in [1.82, 2.24) is 20.5 Å². The minimum atomic E-state index is 0.214. The van der Waals surface area contributed by atoms with E-state index in [1.165, 1.54) is 12.8 Å². The Balaban J connectivity index is 1.52. The SMILES string of the molecule is CCC(=O)N1CCC(NC(=NC)NCc2cccnc2OC2CCCC2)C1. The standard InChI is InChI=1S/C20H31N5O2/c1-3-18(26)25-12-10-16(14-25)24-20(21-2)23-13-15-7-6-11-22-19(15)27-17-8-4-5-9-17/h6-7,11,16-17H,3-5,8-10,12-14H2,1-2H3,(H2,21,23,24). The molecule has 0 spiro atoms. The molecule has 1 aromatic heterocycles. The van der Waals surface area contributed by atoms with Gasteiger partial charge in [-0.15, -0.1) is 0 Å². The molecule has 1 saturated heterocycles. The van der Waals surface area contributed by atoms with Crippen LogP contribution in [-0.2, 0) is 11.3 Å². The van der Waals surface area contributed by atoms with E-state index in [1.807, 2.05) is 24.0 Å². The minimum absolute atomic E-state index is 0.214. The van der Waals surface area contributed by atoms with Gasteiger partial charge in [-0.3, -0.25) is 9.79 Å². The van der Waals surface area contributed by atoms with Crippen molar-refractivity contribution in [3.8, 4) is 5.88 Å². The van der Waals surface area contributed by atoms with E-state index < -0.39 is 0 Å². The van der Waals surface area contributed by atoms with Gasteiger partial charge >= 0.3 is 0 Å². The Bertz CT molecular complexity index is 658. The third-order valence-corrected chi connectivity index (χ3v) is 5.28. The van der Waals surface area contributed by atoms with Gasteiger partial charge in [0.25, 0.3) is 0 Å². The summed E-state index contributed by atoms with van der Waals surface area (Å²) in [6.45, 7) is 4.04. The number of aromatic nitrogens is 1. The number of aliphatic imine (C=N–C) groups is 1. The third kappa shape index (κ3) is 5.34. The van der Waals surface area contributed by atoms with E-state index in [1.54, 1.807) is 13.2 Å². The quantitative estimate of drug-likeness (QED) is 0.590. The lowest BCUT2D eigenvalue weighted by atomic mass is 10.2. The summed E-state index contributed by atoms with van der Waals surface area (Å²) in [6, 6.07) is 4.20. The van der Waals surface area contributed by atoms with Gasteiger partial charge in [0.05, 0.1) is 0 Å². The summed E-state index contributed by atoms with van der Waals surface area (Å²) in [6.07, 6.45) is 8.26. The zero-order chi connectivity index (χ0) is 19.1. The van der Waals surface area contributed by atoms with E-state index in [9.17, 15) is 4.79 Å². The molecule has 2 fully saturated rings. The molecule has 27 heavy (non-hydrogen) atoms. The Kier molecular flexibility index (Phi) is 6.90. The Hall–Kier alpha value is -2.31. The number of carbonyl (C=O) groups is 1. The van der Waals surface area contributed by atoms with Crippen molar-refractivity contribution in [2.75, 3.05) is 20.1 Å². The molecule has 2 heterocycles. The van der Waals surface area contributed by atoms with Crippen LogP contribution in [0.25, 0.3) is 0 Å². The number of amides is 1. The zero-order valence-corrected chi connectivity index (χ0v) is 16.4. The first-order valence-corrected chi connectivity index (χ1v) is 10.0. The average molecular weight is 374 g/mol. The van der Waals surface area contributed by atoms with Crippen LogP contribution >= 0.6 is 0 Å². The summed E-state index contributed by atoms with van der Waals surface area (Å²) in [5, 5.41) is 6.77. The highest BCUT2D eigenvalue weighted by molar-refractivity contribution is 5.80. The first kappa shape index (κ1) is 19.5. The molecule has 2 N–H and O–H groups in total. The van der Waals surface area contributed by atoms with Gasteiger partial charge in [-0.2, -0.15) is 0 Å². The summed E-state index contributed by atoms with van der Waals surface area (Å²) in [5.41, 5.74) is 1.03. The molecular formula is C20H31N5O2. The summed E-state index contributed by atoms with van der Waals surface area (Å²) < 4.78 is 6.10. The molecule has 148 valence electrons. The number of nitrogens with zero attached hydrogens (tertiary/aromatic N) is 3. The van der Waals surface area contributed by atoms with Gasteiger partial charge in [0.2, 0.25) is 11.8 Å². The highest BCUT2D eigenvalue weighted by atomic mass is 16.5. The number of rotatable bonds is 6. The Morgan fingerprint density at radius 2 is 2.19 bits per heavy atom. The number of carbonyl (C=O) groups excluding carboxylic acids is 1. The maximum absolute atomic E-state index is 11.8. The largest absolute Gasteiger partial charge is 0.474 e. The van der Waals surface area contributed by atoms with Crippen LogP contribution in [0.1, 0.15) is 51.0 Å². The lowest BCUT2D eigenvalue weighted by Gasteiger charge is -2.19. The average Bonchev–Trinajstić information content (AvgIpc) is 3.37. The van der Waals surface area contributed by atoms with Crippen LogP contribution < -0.4 is 15.4 Å². The second-order valence-electron chi connectivity index (χ2n) is 7.24. The van der Waals surface area contributed by atoms with E-state index in [-0.39, 0.29) is 18.1 Å². The van der Waals surface area contributed by atoms with Crippen molar-refractivity contribution in [3.63, 3.8) is 0 Å². The molecule has 2 aliphatic rings. The van der Waals surface area contributed by atoms with E-state index in [0.717, 1.165) is 43.9 Å². The molecule has 0 radical (unpaired) electrons. The second-order valence-corrected chi connectivity index (χ2v) is 7.24. The van der Waals surface area contributed by atoms with Crippen molar-refractivity contribution < 1.29 is 9.53 Å². The normalized spacial score (nSPS) is 20.7. The lowest BCUT2D eigenvalue weighted by Crippen LogP contribution is -2.44. The van der Waals surface area contributed by atoms with Crippen LogP contribution in [0.5, 0.6) is 5.88 Å².